The van der Waals surface area contributed by atoms with E-state index < -0.39 is 41.2 Å². The third-order valence-electron chi connectivity index (χ3n) is 16.4. The number of sulfonamides is 1. The summed E-state index contributed by atoms with van der Waals surface area (Å²) in [6, 6.07) is 19.1. The molecule has 364 valence electrons. The van der Waals surface area contributed by atoms with Crippen LogP contribution >= 0.6 is 0 Å². The second-order valence-electron chi connectivity index (χ2n) is 20.9. The van der Waals surface area contributed by atoms with E-state index in [4.69, 9.17) is 9.10 Å². The van der Waals surface area contributed by atoms with Crippen molar-refractivity contribution in [2.24, 2.45) is 27.5 Å². The van der Waals surface area contributed by atoms with Crippen LogP contribution in [0.3, 0.4) is 0 Å². The second-order valence-corrected chi connectivity index (χ2v) is 25.2. The molecular formula is C52H62N8O7S2. The average Bonchev–Trinajstić information content (AvgIpc) is 3.64. The van der Waals surface area contributed by atoms with Crippen molar-refractivity contribution in [2.45, 2.75) is 119 Å². The molecular weight excluding hydrogens is 913 g/mol. The van der Waals surface area contributed by atoms with Crippen LogP contribution in [0.5, 0.6) is 11.5 Å². The molecule has 6 fully saturated rings. The van der Waals surface area contributed by atoms with E-state index in [1.807, 2.05) is 12.1 Å². The van der Waals surface area contributed by atoms with Gasteiger partial charge < -0.3 is 19.9 Å². The molecule has 2 atom stereocenters. The molecule has 3 aromatic heterocycles. The maximum atomic E-state index is 14.0. The van der Waals surface area contributed by atoms with Crippen molar-refractivity contribution in [1.29, 1.82) is 0 Å². The molecule has 3 N–H and O–H groups in total. The quantitative estimate of drug-likeness (QED) is 0.0706. The predicted molar refractivity (Wildman–Crippen MR) is 267 cm³/mol. The lowest BCUT2D eigenvalue weighted by Crippen LogP contribution is -2.49. The normalized spacial score (nSPS) is 24.5. The summed E-state index contributed by atoms with van der Waals surface area (Å²) >= 11 is 0. The largest absolute Gasteiger partial charge is 0.455 e. The molecule has 2 aliphatic heterocycles. The van der Waals surface area contributed by atoms with Crippen molar-refractivity contribution in [3.8, 4) is 11.5 Å². The molecule has 15 nitrogen and oxygen atoms in total. The minimum absolute atomic E-state index is 0.0282. The maximum absolute atomic E-state index is 14.0. The number of rotatable bonds is 14. The van der Waals surface area contributed by atoms with Crippen molar-refractivity contribution in [1.82, 2.24) is 19.7 Å². The maximum Gasteiger partial charge on any atom is 0.312 e. The number of anilines is 2. The van der Waals surface area contributed by atoms with E-state index in [1.165, 1.54) is 44.9 Å². The molecule has 2 aromatic carbocycles. The molecule has 6 aliphatic rings. The van der Waals surface area contributed by atoms with Crippen LogP contribution in [-0.4, -0.2) is 75.6 Å². The zero-order valence-electron chi connectivity index (χ0n) is 39.0. The van der Waals surface area contributed by atoms with Crippen LogP contribution in [0.4, 0.5) is 17.2 Å². The summed E-state index contributed by atoms with van der Waals surface area (Å²) in [6.45, 7) is 2.12. The summed E-state index contributed by atoms with van der Waals surface area (Å²) in [4.78, 5) is 39.1. The number of hydrogen-bond donors (Lipinski definition) is 3. The Hall–Kier alpha value is -5.55. The third kappa shape index (κ3) is 9.69. The fourth-order valence-electron chi connectivity index (χ4n) is 12.6. The van der Waals surface area contributed by atoms with Gasteiger partial charge in [0.2, 0.25) is 5.82 Å². The standard InChI is InChI=1S/C52H62N8O7S2/c61-51(58-69(65,66)41-28-47(60(62)63)50(56-33-41)54-31-34-10-14-38(15-11-34)57-68(64)24-3-4-25-68)46-17-16-39(27-48(46)67-40-26-36-18-21-53-49(36)55-32-40)59-22-19-52(20-23-59)29-37(30-52)43-8-5-9-45(43)44-7-2-1-6-42(44)35-12-13-35/h1-2,6-7,16-18,21,26-28,32-35,37-38,43,45H,3-5,8-15,19-20,22-25,29-31H2,(H,53,55)(H,54,56)(H,58,61)/t34?,38?,43?,45-/m0/s1. The number of pyridine rings is 2. The SMILES string of the molecule is O=C(NS(=O)(=O)c1cnc(NCC2CCC(N=S3(=O)CCCC3)CC2)c([N+](=O)[O-])c1)c1ccc(N2CCC3(CC2)CC(C2CCC[C@@H]2c2ccccc2C2CC2)C3)cc1Oc1cnc2[nH]ccc2c1. The molecule has 11 rings (SSSR count). The summed E-state index contributed by atoms with van der Waals surface area (Å²) in [7, 11) is -6.72. The lowest BCUT2D eigenvalue weighted by Gasteiger charge is -2.55. The number of ether oxygens (including phenoxy) is 1. The van der Waals surface area contributed by atoms with E-state index in [9.17, 15) is 27.5 Å². The highest BCUT2D eigenvalue weighted by atomic mass is 32.2. The number of aromatic amines is 1. The van der Waals surface area contributed by atoms with Crippen molar-refractivity contribution in [3.05, 3.63) is 106 Å². The highest BCUT2D eigenvalue weighted by Gasteiger charge is 2.51. The second kappa shape index (κ2) is 18.6. The number of amides is 1. The Kier molecular flexibility index (Phi) is 12.4. The van der Waals surface area contributed by atoms with E-state index in [2.05, 4.69) is 54.2 Å². The van der Waals surface area contributed by atoms with Gasteiger partial charge in [-0.2, -0.15) is 0 Å². The number of H-pyrrole nitrogens is 1. The zero-order chi connectivity index (χ0) is 47.3. The van der Waals surface area contributed by atoms with Crippen LogP contribution in [0.25, 0.3) is 11.0 Å². The molecule has 0 bridgehead atoms. The third-order valence-corrected chi connectivity index (χ3v) is 20.3. The molecule has 4 saturated carbocycles. The van der Waals surface area contributed by atoms with Gasteiger partial charge in [-0.1, -0.05) is 30.7 Å². The van der Waals surface area contributed by atoms with E-state index in [0.717, 1.165) is 106 Å². The number of fused-ring (bicyclic) bond motifs is 1. The number of hydrogen-bond acceptors (Lipinski definition) is 12. The van der Waals surface area contributed by atoms with Crippen LogP contribution in [0, 0.1) is 33.3 Å². The summed E-state index contributed by atoms with van der Waals surface area (Å²) in [5, 5.41) is 16.1. The van der Waals surface area contributed by atoms with Crippen molar-refractivity contribution < 1.29 is 27.1 Å². The topological polar surface area (TPSA) is 202 Å². The first kappa shape index (κ1) is 45.9. The van der Waals surface area contributed by atoms with Gasteiger partial charge in [0.15, 0.2) is 0 Å². The van der Waals surface area contributed by atoms with Gasteiger partial charge in [-0.15, -0.1) is 0 Å². The first-order valence-electron chi connectivity index (χ1n) is 25.2. The lowest BCUT2D eigenvalue weighted by molar-refractivity contribution is -0.384. The van der Waals surface area contributed by atoms with E-state index in [0.29, 0.717) is 40.8 Å². The number of carbonyl (C=O) groups excluding carboxylic acids is 1. The highest BCUT2D eigenvalue weighted by Crippen LogP contribution is 2.61. The molecule has 1 amide bonds. The first-order chi connectivity index (χ1) is 33.4. The monoisotopic (exact) mass is 974 g/mol. The molecule has 17 heteroatoms. The number of nitrogens with zero attached hydrogens (tertiary/aromatic N) is 5. The summed E-state index contributed by atoms with van der Waals surface area (Å²) in [5.41, 5.74) is 4.58. The Morgan fingerprint density at radius 3 is 2.43 bits per heavy atom. The van der Waals surface area contributed by atoms with Crippen LogP contribution in [0.2, 0.25) is 0 Å². The summed E-state index contributed by atoms with van der Waals surface area (Å²) < 4.78 is 53.8. The van der Waals surface area contributed by atoms with Gasteiger partial charge in [0.1, 0.15) is 22.0 Å². The Labute approximate surface area is 404 Å². The van der Waals surface area contributed by atoms with Crippen LogP contribution in [0.1, 0.15) is 130 Å². The minimum Gasteiger partial charge on any atom is -0.455 e. The van der Waals surface area contributed by atoms with Gasteiger partial charge in [0.25, 0.3) is 15.9 Å². The molecule has 5 aromatic rings. The van der Waals surface area contributed by atoms with Crippen molar-refractivity contribution >= 4 is 53.9 Å². The van der Waals surface area contributed by atoms with Gasteiger partial charge in [-0.05, 0) is 160 Å². The number of benzene rings is 2. The molecule has 1 unspecified atom stereocenters. The molecule has 69 heavy (non-hydrogen) atoms. The van der Waals surface area contributed by atoms with Gasteiger partial charge in [-0.25, -0.2) is 31.7 Å². The number of aromatic nitrogens is 3. The van der Waals surface area contributed by atoms with Crippen molar-refractivity contribution in [3.63, 3.8) is 0 Å². The fraction of sp³-hybridized carbons (Fsp3) is 0.519. The molecule has 1 spiro atoms. The molecule has 5 heterocycles. The smallest absolute Gasteiger partial charge is 0.312 e. The average molecular weight is 975 g/mol. The van der Waals surface area contributed by atoms with E-state index in [-0.39, 0.29) is 29.1 Å². The first-order valence-corrected chi connectivity index (χ1v) is 28.5. The zero-order valence-corrected chi connectivity index (χ0v) is 40.7. The van der Waals surface area contributed by atoms with Crippen LogP contribution < -0.4 is 19.7 Å². The summed E-state index contributed by atoms with van der Waals surface area (Å²) in [6.07, 6.45) is 20.9. The fourth-order valence-corrected chi connectivity index (χ4v) is 16.0. The Morgan fingerprint density at radius 2 is 1.68 bits per heavy atom. The van der Waals surface area contributed by atoms with Crippen LogP contribution in [0.15, 0.2) is 88.5 Å². The molecule has 4 aliphatic carbocycles. The van der Waals surface area contributed by atoms with E-state index >= 15 is 0 Å². The van der Waals surface area contributed by atoms with Crippen molar-refractivity contribution in [2.75, 3.05) is 41.4 Å². The highest BCUT2D eigenvalue weighted by molar-refractivity contribution is 7.93. The predicted octanol–water partition coefficient (Wildman–Crippen LogP) is 10.5. The number of carbonyl (C=O) groups is 1. The van der Waals surface area contributed by atoms with Crippen LogP contribution in [-0.2, 0) is 19.8 Å². The number of nitrogens with one attached hydrogen (secondary N) is 3. The number of piperidine rings is 1. The Morgan fingerprint density at radius 1 is 0.913 bits per heavy atom. The molecule has 2 saturated heterocycles. The Bertz CT molecular complexity index is 2980. The van der Waals surface area contributed by atoms with Gasteiger partial charge >= 0.3 is 5.69 Å². The molecule has 0 radical (unpaired) electrons. The Balaban J connectivity index is 0.760. The van der Waals surface area contributed by atoms with Gasteiger partial charge in [0.05, 0.1) is 28.9 Å². The minimum atomic E-state index is -4.63. The summed E-state index contributed by atoms with van der Waals surface area (Å²) in [5.74, 6) is 4.06. The van der Waals surface area contributed by atoms with Gasteiger partial charge in [0, 0.05) is 70.3 Å². The van der Waals surface area contributed by atoms with E-state index in [1.54, 1.807) is 41.7 Å². The number of nitro groups is 1. The lowest BCUT2D eigenvalue weighted by atomic mass is 9.53. The van der Waals surface area contributed by atoms with Gasteiger partial charge in [-0.3, -0.25) is 14.9 Å².